The molecule has 26 heavy (non-hydrogen) atoms. The molecule has 0 spiro atoms. The van der Waals surface area contributed by atoms with Gasteiger partial charge >= 0.3 is 0 Å². The zero-order valence-corrected chi connectivity index (χ0v) is 14.5. The number of nitrogens with one attached hydrogen (secondary N) is 1. The van der Waals surface area contributed by atoms with Gasteiger partial charge in [-0.05, 0) is 12.1 Å². The van der Waals surface area contributed by atoms with Gasteiger partial charge in [-0.1, -0.05) is 17.4 Å². The second-order valence-corrected chi connectivity index (χ2v) is 6.30. The summed E-state index contributed by atoms with van der Waals surface area (Å²) in [6.07, 6.45) is 3.09. The summed E-state index contributed by atoms with van der Waals surface area (Å²) < 4.78 is 34.3. The highest BCUT2D eigenvalue weighted by Crippen LogP contribution is 2.33. The Bertz CT molecular complexity index is 920. The molecule has 10 heteroatoms. The zero-order chi connectivity index (χ0) is 18.7. The van der Waals surface area contributed by atoms with Gasteiger partial charge in [0.25, 0.3) is 5.91 Å². The van der Waals surface area contributed by atoms with Gasteiger partial charge in [-0.3, -0.25) is 9.48 Å². The fourth-order valence-electron chi connectivity index (χ4n) is 2.23. The van der Waals surface area contributed by atoms with Gasteiger partial charge < -0.3 is 15.8 Å². The summed E-state index contributed by atoms with van der Waals surface area (Å²) in [5.74, 6) is -2.14. The Kier molecular flexibility index (Phi) is 5.24. The highest BCUT2D eigenvalue weighted by atomic mass is 32.1. The van der Waals surface area contributed by atoms with Crippen molar-refractivity contribution < 1.29 is 18.3 Å². The molecule has 1 amide bonds. The maximum absolute atomic E-state index is 13.9. The fourth-order valence-corrected chi connectivity index (χ4v) is 3.11. The Morgan fingerprint density at radius 1 is 1.38 bits per heavy atom. The van der Waals surface area contributed by atoms with Crippen LogP contribution in [0.1, 0.15) is 10.5 Å². The van der Waals surface area contributed by atoms with E-state index in [1.165, 1.54) is 12.3 Å². The van der Waals surface area contributed by atoms with Crippen molar-refractivity contribution in [2.45, 2.75) is 6.54 Å². The average Bonchev–Trinajstić information content (AvgIpc) is 3.19. The Labute approximate surface area is 151 Å². The third kappa shape index (κ3) is 3.70. The minimum atomic E-state index is -0.773. The van der Waals surface area contributed by atoms with Crippen molar-refractivity contribution >= 4 is 27.9 Å². The van der Waals surface area contributed by atoms with Gasteiger partial charge in [0.1, 0.15) is 21.6 Å². The normalized spacial score (nSPS) is 10.9. The van der Waals surface area contributed by atoms with E-state index >= 15 is 0 Å². The molecular weight excluding hydrogens is 364 g/mol. The van der Waals surface area contributed by atoms with Crippen molar-refractivity contribution in [1.29, 1.82) is 0 Å². The standard InChI is InChI=1S/C16H15F2N5O2S/c1-25-6-5-23-8-9(7-20-23)21-15(24)13-14(19)26-16(22-13)12-10(17)3-2-4-11(12)18/h2-4,7-8H,5-6,19H2,1H3,(H,21,24). The van der Waals surface area contributed by atoms with Crippen LogP contribution >= 0.6 is 11.3 Å². The van der Waals surface area contributed by atoms with Crippen molar-refractivity contribution in [3.05, 3.63) is 47.9 Å². The van der Waals surface area contributed by atoms with E-state index in [0.717, 1.165) is 23.5 Å². The Hall–Kier alpha value is -2.85. The quantitative estimate of drug-likeness (QED) is 0.687. The third-order valence-electron chi connectivity index (χ3n) is 3.46. The van der Waals surface area contributed by atoms with Gasteiger partial charge in [-0.15, -0.1) is 0 Å². The van der Waals surface area contributed by atoms with Crippen LogP contribution < -0.4 is 11.1 Å². The summed E-state index contributed by atoms with van der Waals surface area (Å²) >= 11 is 0.839. The zero-order valence-electron chi connectivity index (χ0n) is 13.7. The Morgan fingerprint density at radius 2 is 2.12 bits per heavy atom. The number of nitrogen functional groups attached to an aromatic ring is 1. The number of carbonyl (C=O) groups excluding carboxylic acids is 1. The molecule has 2 aromatic heterocycles. The molecule has 3 rings (SSSR count). The maximum Gasteiger partial charge on any atom is 0.277 e. The van der Waals surface area contributed by atoms with Crippen LogP contribution in [0.4, 0.5) is 19.5 Å². The van der Waals surface area contributed by atoms with E-state index in [2.05, 4.69) is 15.4 Å². The van der Waals surface area contributed by atoms with Gasteiger partial charge in [-0.2, -0.15) is 5.10 Å². The van der Waals surface area contributed by atoms with Crippen LogP contribution in [0.2, 0.25) is 0 Å². The number of halogens is 2. The van der Waals surface area contributed by atoms with Crippen LogP contribution in [0.15, 0.2) is 30.6 Å². The number of amides is 1. The lowest BCUT2D eigenvalue weighted by molar-refractivity contribution is 0.102. The molecule has 2 heterocycles. The molecule has 1 aromatic carbocycles. The molecule has 3 aromatic rings. The van der Waals surface area contributed by atoms with Crippen molar-refractivity contribution in [2.75, 3.05) is 24.8 Å². The topological polar surface area (TPSA) is 95.1 Å². The van der Waals surface area contributed by atoms with Gasteiger partial charge in [0.15, 0.2) is 5.69 Å². The Balaban J connectivity index is 1.80. The highest BCUT2D eigenvalue weighted by molar-refractivity contribution is 7.19. The number of benzene rings is 1. The summed E-state index contributed by atoms with van der Waals surface area (Å²) in [5.41, 5.74) is 5.85. The lowest BCUT2D eigenvalue weighted by atomic mass is 10.2. The molecule has 0 fully saturated rings. The summed E-state index contributed by atoms with van der Waals surface area (Å²) in [6.45, 7) is 1.01. The number of methoxy groups -OCH3 is 1. The number of ether oxygens (including phenoxy) is 1. The maximum atomic E-state index is 13.9. The van der Waals surface area contributed by atoms with E-state index < -0.39 is 17.5 Å². The van der Waals surface area contributed by atoms with Crippen LogP contribution in [0.5, 0.6) is 0 Å². The van der Waals surface area contributed by atoms with Crippen molar-refractivity contribution in [3.63, 3.8) is 0 Å². The summed E-state index contributed by atoms with van der Waals surface area (Å²) in [5, 5.41) is 6.74. The first-order chi connectivity index (χ1) is 12.5. The van der Waals surface area contributed by atoms with E-state index in [-0.39, 0.29) is 21.3 Å². The minimum absolute atomic E-state index is 0.000889. The Morgan fingerprint density at radius 3 is 2.81 bits per heavy atom. The van der Waals surface area contributed by atoms with E-state index in [9.17, 15) is 13.6 Å². The molecule has 0 aliphatic rings. The monoisotopic (exact) mass is 379 g/mol. The van der Waals surface area contributed by atoms with Crippen molar-refractivity contribution in [1.82, 2.24) is 14.8 Å². The lowest BCUT2D eigenvalue weighted by Crippen LogP contribution is -2.13. The first kappa shape index (κ1) is 18.0. The molecule has 136 valence electrons. The second-order valence-electron chi connectivity index (χ2n) is 5.27. The number of nitrogens with two attached hydrogens (primary N) is 1. The number of anilines is 2. The number of aromatic nitrogens is 3. The SMILES string of the molecule is COCCn1cc(NC(=O)c2nc(-c3c(F)cccc3F)sc2N)cn1. The smallest absolute Gasteiger partial charge is 0.277 e. The molecule has 0 bridgehead atoms. The summed E-state index contributed by atoms with van der Waals surface area (Å²) in [6, 6.07) is 3.48. The highest BCUT2D eigenvalue weighted by Gasteiger charge is 2.21. The number of hydrogen-bond donors (Lipinski definition) is 2. The fraction of sp³-hybridized carbons (Fsp3) is 0.188. The molecule has 7 nitrogen and oxygen atoms in total. The number of thiazole rings is 1. The van der Waals surface area contributed by atoms with Gasteiger partial charge in [0.2, 0.25) is 0 Å². The van der Waals surface area contributed by atoms with Crippen molar-refractivity contribution in [3.8, 4) is 10.6 Å². The van der Waals surface area contributed by atoms with Crippen LogP contribution in [0.3, 0.4) is 0 Å². The molecule has 0 aliphatic heterocycles. The molecule has 0 saturated carbocycles. The van der Waals surface area contributed by atoms with Crippen LogP contribution in [-0.2, 0) is 11.3 Å². The molecule has 0 saturated heterocycles. The molecular formula is C16H15F2N5O2S. The number of nitrogens with zero attached hydrogens (tertiary/aromatic N) is 3. The summed E-state index contributed by atoms with van der Waals surface area (Å²) in [4.78, 5) is 16.4. The number of rotatable bonds is 6. The van der Waals surface area contributed by atoms with Crippen LogP contribution in [-0.4, -0.2) is 34.4 Å². The van der Waals surface area contributed by atoms with Gasteiger partial charge in [0, 0.05) is 13.3 Å². The van der Waals surface area contributed by atoms with Crippen molar-refractivity contribution in [2.24, 2.45) is 0 Å². The second kappa shape index (κ2) is 7.58. The molecule has 0 aliphatic carbocycles. The van der Waals surface area contributed by atoms with Crippen LogP contribution in [0.25, 0.3) is 10.6 Å². The number of carbonyl (C=O) groups is 1. The van der Waals surface area contributed by atoms with E-state index in [1.54, 1.807) is 18.0 Å². The van der Waals surface area contributed by atoms with E-state index in [1.807, 2.05) is 0 Å². The largest absolute Gasteiger partial charge is 0.389 e. The average molecular weight is 379 g/mol. The molecule has 0 radical (unpaired) electrons. The van der Waals surface area contributed by atoms with Gasteiger partial charge in [0.05, 0.1) is 30.6 Å². The lowest BCUT2D eigenvalue weighted by Gasteiger charge is -2.01. The molecule has 0 unspecified atom stereocenters. The predicted octanol–water partition coefficient (Wildman–Crippen LogP) is 2.77. The summed E-state index contributed by atoms with van der Waals surface area (Å²) in [7, 11) is 1.58. The van der Waals surface area contributed by atoms with Crippen LogP contribution in [0, 0.1) is 11.6 Å². The van der Waals surface area contributed by atoms with E-state index in [4.69, 9.17) is 10.5 Å². The minimum Gasteiger partial charge on any atom is -0.389 e. The first-order valence-corrected chi connectivity index (χ1v) is 8.34. The number of hydrogen-bond acceptors (Lipinski definition) is 6. The first-order valence-electron chi connectivity index (χ1n) is 7.53. The third-order valence-corrected chi connectivity index (χ3v) is 4.36. The predicted molar refractivity (Wildman–Crippen MR) is 93.9 cm³/mol. The molecule has 3 N–H and O–H groups in total. The molecule has 0 atom stereocenters. The van der Waals surface area contributed by atoms with E-state index in [0.29, 0.717) is 18.8 Å². The van der Waals surface area contributed by atoms with Gasteiger partial charge in [-0.25, -0.2) is 13.8 Å².